The highest BCUT2D eigenvalue weighted by Gasteiger charge is 2.24. The van der Waals surface area contributed by atoms with Crippen molar-refractivity contribution >= 4 is 23.7 Å². The van der Waals surface area contributed by atoms with Gasteiger partial charge in [-0.3, -0.25) is 0 Å². The van der Waals surface area contributed by atoms with E-state index in [4.69, 9.17) is 4.84 Å². The highest BCUT2D eigenvalue weighted by molar-refractivity contribution is 5.83. The molecule has 3 aromatic carbocycles. The number of carbonyl (C=O) groups is 1. The third-order valence-corrected chi connectivity index (χ3v) is 4.99. The Hall–Kier alpha value is -4.52. The number of anilines is 2. The minimum atomic E-state index is -0.944. The van der Waals surface area contributed by atoms with Crippen LogP contribution in [0.1, 0.15) is 12.5 Å². The van der Waals surface area contributed by atoms with Crippen LogP contribution in [0, 0.1) is 0 Å². The number of hydrogen-bond acceptors (Lipinski definition) is 6. The second-order valence-electron chi connectivity index (χ2n) is 7.24. The quantitative estimate of drug-likeness (QED) is 0.302. The minimum absolute atomic E-state index is 0.503. The summed E-state index contributed by atoms with van der Waals surface area (Å²) in [5.74, 6) is 0.223. The number of carboxylic acid groups (broad SMARTS) is 1. The van der Waals surface area contributed by atoms with Crippen LogP contribution < -0.4 is 9.74 Å². The first kappa shape index (κ1) is 21.7. The van der Waals surface area contributed by atoms with E-state index >= 15 is 0 Å². The van der Waals surface area contributed by atoms with E-state index in [0.717, 1.165) is 16.8 Å². The molecule has 1 aromatic heterocycles. The van der Waals surface area contributed by atoms with E-state index in [0.29, 0.717) is 17.3 Å². The number of rotatable bonds is 8. The Morgan fingerprint density at radius 3 is 2.30 bits per heavy atom. The fourth-order valence-corrected chi connectivity index (χ4v) is 3.26. The zero-order valence-corrected chi connectivity index (χ0v) is 17.9. The molecule has 7 heteroatoms. The van der Waals surface area contributed by atoms with Crippen LogP contribution in [0.25, 0.3) is 11.3 Å². The number of hydrogen-bond donors (Lipinski definition) is 1. The van der Waals surface area contributed by atoms with Gasteiger partial charge in [-0.1, -0.05) is 65.8 Å². The molecule has 0 saturated carbocycles. The highest BCUT2D eigenvalue weighted by atomic mass is 16.6. The molecular weight excluding hydrogens is 416 g/mol. The van der Waals surface area contributed by atoms with Crippen LogP contribution in [0.4, 0.5) is 11.5 Å². The third-order valence-electron chi connectivity index (χ3n) is 4.99. The highest BCUT2D eigenvalue weighted by Crippen LogP contribution is 2.29. The van der Waals surface area contributed by atoms with Crippen molar-refractivity contribution in [2.75, 3.05) is 4.90 Å². The van der Waals surface area contributed by atoms with Gasteiger partial charge in [0.05, 0.1) is 11.9 Å². The molecule has 0 radical (unpaired) electrons. The lowest BCUT2D eigenvalue weighted by molar-refractivity contribution is -0.138. The van der Waals surface area contributed by atoms with Gasteiger partial charge in [0.1, 0.15) is 18.2 Å². The van der Waals surface area contributed by atoms with Crippen molar-refractivity contribution < 1.29 is 14.7 Å². The Bertz CT molecular complexity index is 1230. The Morgan fingerprint density at radius 1 is 0.970 bits per heavy atom. The molecule has 33 heavy (non-hydrogen) atoms. The standard InChI is InChI=1S/C26H22N4O3/c1-19(26(31)32)30(22-8-4-2-5-9-22)25-16-24(27-18-28-25)21-14-12-20(13-15-21)17-29-33-23-10-6-3-7-11-23/h2-19H,1H3,(H,31,32)/t19-/m0/s1. The van der Waals surface area contributed by atoms with Crippen molar-refractivity contribution in [3.63, 3.8) is 0 Å². The topological polar surface area (TPSA) is 87.9 Å². The third kappa shape index (κ3) is 5.40. The van der Waals surface area contributed by atoms with Gasteiger partial charge in [0.25, 0.3) is 0 Å². The molecule has 4 rings (SSSR count). The lowest BCUT2D eigenvalue weighted by atomic mass is 10.1. The fourth-order valence-electron chi connectivity index (χ4n) is 3.26. The van der Waals surface area contributed by atoms with Gasteiger partial charge in [-0.2, -0.15) is 0 Å². The van der Waals surface area contributed by atoms with Crippen LogP contribution in [-0.4, -0.2) is 33.3 Å². The van der Waals surface area contributed by atoms with E-state index < -0.39 is 12.0 Å². The van der Waals surface area contributed by atoms with E-state index in [1.807, 2.05) is 84.9 Å². The first-order valence-electron chi connectivity index (χ1n) is 10.4. The van der Waals surface area contributed by atoms with Gasteiger partial charge in [0.2, 0.25) is 0 Å². The van der Waals surface area contributed by atoms with Crippen LogP contribution in [0.3, 0.4) is 0 Å². The second-order valence-corrected chi connectivity index (χ2v) is 7.24. The predicted molar refractivity (Wildman–Crippen MR) is 128 cm³/mol. The molecule has 1 N–H and O–H groups in total. The smallest absolute Gasteiger partial charge is 0.326 e. The number of carboxylic acids is 1. The first-order chi connectivity index (χ1) is 16.1. The summed E-state index contributed by atoms with van der Waals surface area (Å²) in [5.41, 5.74) is 3.16. The Kier molecular flexibility index (Phi) is 6.70. The lowest BCUT2D eigenvalue weighted by Crippen LogP contribution is -2.36. The Morgan fingerprint density at radius 2 is 1.64 bits per heavy atom. The molecule has 0 unspecified atom stereocenters. The molecule has 4 aromatic rings. The molecule has 0 aliphatic heterocycles. The van der Waals surface area contributed by atoms with Gasteiger partial charge in [-0.15, -0.1) is 0 Å². The molecule has 1 heterocycles. The van der Waals surface area contributed by atoms with Crippen LogP contribution in [0.15, 0.2) is 102 Å². The summed E-state index contributed by atoms with van der Waals surface area (Å²) in [6.07, 6.45) is 3.08. The zero-order chi connectivity index (χ0) is 23.0. The monoisotopic (exact) mass is 438 g/mol. The van der Waals surface area contributed by atoms with Gasteiger partial charge in [0.15, 0.2) is 5.75 Å². The molecule has 0 spiro atoms. The van der Waals surface area contributed by atoms with Crippen molar-refractivity contribution in [2.24, 2.45) is 5.16 Å². The van der Waals surface area contributed by atoms with Crippen molar-refractivity contribution in [1.82, 2.24) is 9.97 Å². The van der Waals surface area contributed by atoms with E-state index in [9.17, 15) is 9.90 Å². The molecule has 0 fully saturated rings. The first-order valence-corrected chi connectivity index (χ1v) is 10.4. The molecular formula is C26H22N4O3. The van der Waals surface area contributed by atoms with Crippen LogP contribution in [0.2, 0.25) is 0 Å². The van der Waals surface area contributed by atoms with Crippen LogP contribution in [-0.2, 0) is 4.79 Å². The van der Waals surface area contributed by atoms with Gasteiger partial charge in [0, 0.05) is 17.3 Å². The summed E-state index contributed by atoms with van der Waals surface area (Å²) in [6, 6.07) is 27.3. The molecule has 0 saturated heterocycles. The largest absolute Gasteiger partial charge is 0.480 e. The fraction of sp³-hybridized carbons (Fsp3) is 0.0769. The second kappa shape index (κ2) is 10.2. The number of benzene rings is 3. The maximum absolute atomic E-state index is 11.7. The van der Waals surface area contributed by atoms with Crippen molar-refractivity contribution in [3.8, 4) is 17.0 Å². The number of aromatic nitrogens is 2. The molecule has 164 valence electrons. The van der Waals surface area contributed by atoms with Gasteiger partial charge in [-0.25, -0.2) is 14.8 Å². The van der Waals surface area contributed by atoms with E-state index in [2.05, 4.69) is 15.1 Å². The van der Waals surface area contributed by atoms with E-state index in [1.165, 1.54) is 6.33 Å². The van der Waals surface area contributed by atoms with Gasteiger partial charge < -0.3 is 14.8 Å². The number of para-hydroxylation sites is 2. The normalized spacial score (nSPS) is 11.8. The Labute approximate surface area is 191 Å². The van der Waals surface area contributed by atoms with Crippen LogP contribution >= 0.6 is 0 Å². The van der Waals surface area contributed by atoms with Crippen molar-refractivity contribution in [3.05, 3.63) is 103 Å². The molecule has 0 aliphatic carbocycles. The Balaban J connectivity index is 1.56. The summed E-state index contributed by atoms with van der Waals surface area (Å²) < 4.78 is 0. The van der Waals surface area contributed by atoms with Crippen molar-refractivity contribution in [1.29, 1.82) is 0 Å². The SMILES string of the molecule is C[C@@H](C(=O)O)N(c1ccccc1)c1cc(-c2ccc(C=NOc3ccccc3)cc2)ncn1. The van der Waals surface area contributed by atoms with Gasteiger partial charge in [-0.05, 0) is 36.8 Å². The predicted octanol–water partition coefficient (Wildman–Crippen LogP) is 5.17. The zero-order valence-electron chi connectivity index (χ0n) is 17.9. The summed E-state index contributed by atoms with van der Waals surface area (Å²) in [6.45, 7) is 1.63. The summed E-state index contributed by atoms with van der Waals surface area (Å²) in [4.78, 5) is 27.5. The summed E-state index contributed by atoms with van der Waals surface area (Å²) >= 11 is 0. The summed E-state index contributed by atoms with van der Waals surface area (Å²) in [5, 5.41) is 13.6. The average molecular weight is 438 g/mol. The maximum atomic E-state index is 11.7. The minimum Gasteiger partial charge on any atom is -0.480 e. The molecule has 7 nitrogen and oxygen atoms in total. The van der Waals surface area contributed by atoms with E-state index in [-0.39, 0.29) is 0 Å². The molecule has 0 bridgehead atoms. The number of oxime groups is 1. The maximum Gasteiger partial charge on any atom is 0.326 e. The van der Waals surface area contributed by atoms with Gasteiger partial charge >= 0.3 is 5.97 Å². The van der Waals surface area contributed by atoms with Crippen LogP contribution in [0.5, 0.6) is 5.75 Å². The van der Waals surface area contributed by atoms with Crippen molar-refractivity contribution in [2.45, 2.75) is 13.0 Å². The lowest BCUT2D eigenvalue weighted by Gasteiger charge is -2.27. The molecule has 1 atom stereocenters. The number of nitrogens with zero attached hydrogens (tertiary/aromatic N) is 4. The van der Waals surface area contributed by atoms with E-state index in [1.54, 1.807) is 24.1 Å². The molecule has 0 amide bonds. The molecule has 0 aliphatic rings. The summed E-state index contributed by atoms with van der Waals surface area (Å²) in [7, 11) is 0. The number of aliphatic carboxylic acids is 1. The average Bonchev–Trinajstić information content (AvgIpc) is 2.86.